The zero-order chi connectivity index (χ0) is 33.8. The second-order valence-electron chi connectivity index (χ2n) is 10.4. The monoisotopic (exact) mass is 656 g/mol. The van der Waals surface area contributed by atoms with Crippen LogP contribution in [0.2, 0.25) is 0 Å². The van der Waals surface area contributed by atoms with Crippen LogP contribution in [0.25, 0.3) is 0 Å². The molecule has 2 aromatic carbocycles. The normalized spacial score (nSPS) is 11.4. The second-order valence-corrected chi connectivity index (χ2v) is 10.4. The standard InChI is InChI=1S/C37H56N2O8/c1-5-37(33-11-9-13-35(31-33)38(15-20-44-24-19-40)16-21-45-28-25-41-6-2)34-12-10-14-36(32-34)39(17-22-46-29-26-42-7-3)18-23-47-30-27-43-8-4/h6-14,31-32,37,40H,2-5,15-30H2,1H3. The number of anilines is 2. The Morgan fingerprint density at radius 2 is 0.957 bits per heavy atom. The van der Waals surface area contributed by atoms with Crippen molar-refractivity contribution >= 4 is 11.4 Å². The lowest BCUT2D eigenvalue weighted by atomic mass is 9.88. The van der Waals surface area contributed by atoms with Crippen LogP contribution in [-0.4, -0.2) is 111 Å². The average Bonchev–Trinajstić information content (AvgIpc) is 3.10. The minimum atomic E-state index is 0.00596. The number of rotatable bonds is 31. The van der Waals surface area contributed by atoms with E-state index >= 15 is 0 Å². The third-order valence-electron chi connectivity index (χ3n) is 7.33. The van der Waals surface area contributed by atoms with Crippen molar-refractivity contribution < 1.29 is 38.3 Å². The summed E-state index contributed by atoms with van der Waals surface area (Å²) in [5, 5.41) is 9.14. The van der Waals surface area contributed by atoms with Gasteiger partial charge in [-0.15, -0.1) is 0 Å². The molecule has 0 aliphatic carbocycles. The van der Waals surface area contributed by atoms with E-state index in [0.717, 1.165) is 17.8 Å². The van der Waals surface area contributed by atoms with Crippen molar-refractivity contribution in [3.8, 4) is 0 Å². The molecule has 10 nitrogen and oxygen atoms in total. The molecular formula is C37H56N2O8. The number of ether oxygens (including phenoxy) is 7. The first-order valence-corrected chi connectivity index (χ1v) is 16.5. The quantitative estimate of drug-likeness (QED) is 0.0843. The Hall–Kier alpha value is -3.54. The number of aliphatic hydroxyl groups excluding tert-OH is 1. The third kappa shape index (κ3) is 16.7. The molecule has 0 aromatic heterocycles. The number of nitrogens with zero attached hydrogens (tertiary/aromatic N) is 2. The van der Waals surface area contributed by atoms with E-state index in [-0.39, 0.29) is 12.5 Å². The zero-order valence-corrected chi connectivity index (χ0v) is 28.3. The molecule has 0 aliphatic rings. The minimum absolute atomic E-state index is 0.00596. The highest BCUT2D eigenvalue weighted by Crippen LogP contribution is 2.32. The Morgan fingerprint density at radius 1 is 0.574 bits per heavy atom. The van der Waals surface area contributed by atoms with Crippen LogP contribution in [-0.2, 0) is 33.2 Å². The highest BCUT2D eigenvalue weighted by Gasteiger charge is 2.17. The van der Waals surface area contributed by atoms with Crippen molar-refractivity contribution in [1.29, 1.82) is 0 Å². The van der Waals surface area contributed by atoms with Gasteiger partial charge in [-0.25, -0.2) is 0 Å². The first kappa shape index (κ1) is 39.6. The van der Waals surface area contributed by atoms with E-state index in [1.807, 2.05) is 0 Å². The molecule has 0 heterocycles. The van der Waals surface area contributed by atoms with Crippen LogP contribution in [0.5, 0.6) is 0 Å². The first-order valence-electron chi connectivity index (χ1n) is 16.5. The summed E-state index contributed by atoms with van der Waals surface area (Å²) in [5.74, 6) is 0.205. The number of hydrogen-bond acceptors (Lipinski definition) is 10. The van der Waals surface area contributed by atoms with Gasteiger partial charge in [0.25, 0.3) is 0 Å². The predicted octanol–water partition coefficient (Wildman–Crippen LogP) is 5.38. The van der Waals surface area contributed by atoms with E-state index in [9.17, 15) is 0 Å². The van der Waals surface area contributed by atoms with Gasteiger partial charge < -0.3 is 48.1 Å². The van der Waals surface area contributed by atoms with E-state index in [1.165, 1.54) is 29.9 Å². The summed E-state index contributed by atoms with van der Waals surface area (Å²) >= 11 is 0. The molecule has 0 amide bonds. The summed E-state index contributed by atoms with van der Waals surface area (Å²) in [7, 11) is 0. The highest BCUT2D eigenvalue weighted by molar-refractivity contribution is 5.54. The van der Waals surface area contributed by atoms with E-state index in [1.54, 1.807) is 0 Å². The predicted molar refractivity (Wildman–Crippen MR) is 188 cm³/mol. The molecule has 1 N–H and O–H groups in total. The van der Waals surface area contributed by atoms with Gasteiger partial charge in [-0.3, -0.25) is 0 Å². The van der Waals surface area contributed by atoms with Gasteiger partial charge >= 0.3 is 0 Å². The van der Waals surface area contributed by atoms with Gasteiger partial charge in [-0.2, -0.15) is 0 Å². The maximum absolute atomic E-state index is 9.14. The van der Waals surface area contributed by atoms with Crippen molar-refractivity contribution in [2.45, 2.75) is 19.3 Å². The lowest BCUT2D eigenvalue weighted by Gasteiger charge is -2.28. The number of benzene rings is 2. The fourth-order valence-corrected chi connectivity index (χ4v) is 5.02. The van der Waals surface area contributed by atoms with Crippen LogP contribution in [0.1, 0.15) is 30.4 Å². The lowest BCUT2D eigenvalue weighted by Crippen LogP contribution is -2.32. The van der Waals surface area contributed by atoms with Gasteiger partial charge in [0.1, 0.15) is 19.8 Å². The van der Waals surface area contributed by atoms with Gasteiger partial charge in [0.05, 0.1) is 78.2 Å². The Balaban J connectivity index is 2.19. The first-order chi connectivity index (χ1) is 23.2. The van der Waals surface area contributed by atoms with Crippen molar-refractivity contribution in [1.82, 2.24) is 0 Å². The minimum Gasteiger partial charge on any atom is -0.499 e. The van der Waals surface area contributed by atoms with Crippen molar-refractivity contribution in [3.63, 3.8) is 0 Å². The van der Waals surface area contributed by atoms with Gasteiger partial charge in [0.15, 0.2) is 0 Å². The molecule has 1 unspecified atom stereocenters. The molecule has 1 atom stereocenters. The lowest BCUT2D eigenvalue weighted by molar-refractivity contribution is 0.0816. The average molecular weight is 657 g/mol. The van der Waals surface area contributed by atoms with Crippen molar-refractivity contribution in [2.24, 2.45) is 0 Å². The van der Waals surface area contributed by atoms with Crippen LogP contribution < -0.4 is 9.80 Å². The summed E-state index contributed by atoms with van der Waals surface area (Å²) < 4.78 is 38.5. The van der Waals surface area contributed by atoms with Gasteiger partial charge in [-0.1, -0.05) is 50.9 Å². The smallest absolute Gasteiger partial charge is 0.111 e. The molecule has 2 aromatic rings. The molecule has 0 aliphatic heterocycles. The molecule has 0 saturated heterocycles. The van der Waals surface area contributed by atoms with Crippen LogP contribution in [0.4, 0.5) is 11.4 Å². The second kappa shape index (κ2) is 26.5. The molecule has 0 radical (unpaired) electrons. The summed E-state index contributed by atoms with van der Waals surface area (Å²) in [6.07, 6.45) is 5.22. The Kier molecular flexibility index (Phi) is 22.4. The molecule has 0 bridgehead atoms. The largest absolute Gasteiger partial charge is 0.499 e. The number of aliphatic hydroxyl groups is 1. The van der Waals surface area contributed by atoms with Crippen LogP contribution in [0.3, 0.4) is 0 Å². The van der Waals surface area contributed by atoms with Crippen LogP contribution in [0.15, 0.2) is 87.1 Å². The SMILES string of the molecule is C=COCCOCCN(CCOCCO)c1cccc(C(CC)c2cccc(N(CCOCCOC=C)CCOCCOC=C)c2)c1. The molecule has 262 valence electrons. The van der Waals surface area contributed by atoms with Gasteiger partial charge in [-0.05, 0) is 41.8 Å². The molecule has 0 fully saturated rings. The third-order valence-corrected chi connectivity index (χ3v) is 7.33. The van der Waals surface area contributed by atoms with Crippen LogP contribution in [0, 0.1) is 0 Å². The topological polar surface area (TPSA) is 91.3 Å². The summed E-state index contributed by atoms with van der Waals surface area (Å²) in [6.45, 7) is 21.2. The molecule has 47 heavy (non-hydrogen) atoms. The molecule has 10 heteroatoms. The Bertz CT molecular complexity index is 1080. The highest BCUT2D eigenvalue weighted by atomic mass is 16.5. The maximum atomic E-state index is 9.14. The maximum Gasteiger partial charge on any atom is 0.111 e. The van der Waals surface area contributed by atoms with E-state index in [4.69, 9.17) is 38.3 Å². The molecule has 0 saturated carbocycles. The Labute approximate surface area is 282 Å². The summed E-state index contributed by atoms with van der Waals surface area (Å²) in [4.78, 5) is 4.56. The van der Waals surface area contributed by atoms with E-state index < -0.39 is 0 Å². The van der Waals surface area contributed by atoms with Crippen LogP contribution >= 0.6 is 0 Å². The van der Waals surface area contributed by atoms with Gasteiger partial charge in [0, 0.05) is 43.5 Å². The van der Waals surface area contributed by atoms with E-state index in [0.29, 0.717) is 98.9 Å². The van der Waals surface area contributed by atoms with Crippen molar-refractivity contribution in [2.75, 3.05) is 115 Å². The van der Waals surface area contributed by atoms with Gasteiger partial charge in [0.2, 0.25) is 0 Å². The fourth-order valence-electron chi connectivity index (χ4n) is 5.02. The summed E-state index contributed by atoms with van der Waals surface area (Å²) in [6, 6.07) is 17.5. The molecule has 0 spiro atoms. The number of hydrogen-bond donors (Lipinski definition) is 1. The Morgan fingerprint density at radius 3 is 1.30 bits per heavy atom. The molecular weight excluding hydrogens is 600 g/mol. The molecule has 2 rings (SSSR count). The zero-order valence-electron chi connectivity index (χ0n) is 28.3. The van der Waals surface area contributed by atoms with E-state index in [2.05, 4.69) is 85.0 Å². The summed E-state index contributed by atoms with van der Waals surface area (Å²) in [5.41, 5.74) is 4.71. The fraction of sp³-hybridized carbons (Fsp3) is 0.514. The van der Waals surface area contributed by atoms with Crippen molar-refractivity contribution in [3.05, 3.63) is 98.2 Å².